The van der Waals surface area contributed by atoms with Gasteiger partial charge in [0, 0.05) is 6.42 Å². The van der Waals surface area contributed by atoms with Crippen molar-refractivity contribution >= 4 is 17.4 Å². The van der Waals surface area contributed by atoms with E-state index in [4.69, 9.17) is 10.5 Å². The van der Waals surface area contributed by atoms with Crippen molar-refractivity contribution in [3.8, 4) is 0 Å². The van der Waals surface area contributed by atoms with Crippen molar-refractivity contribution in [3.05, 3.63) is 22.4 Å². The molecule has 0 fully saturated rings. The van der Waals surface area contributed by atoms with Gasteiger partial charge in [-0.25, -0.2) is 4.79 Å². The fraction of sp³-hybridized carbons (Fsp3) is 0.375. The smallest absolute Gasteiger partial charge is 0.404 e. The molecule has 1 heterocycles. The number of hydrogen-bond acceptors (Lipinski definition) is 3. The number of carbonyl (C=O) groups excluding carboxylic acids is 1. The lowest BCUT2D eigenvalue weighted by Gasteiger charge is -2.09. The molecule has 0 spiro atoms. The van der Waals surface area contributed by atoms with Gasteiger partial charge in [0.15, 0.2) is 0 Å². The summed E-state index contributed by atoms with van der Waals surface area (Å²) in [7, 11) is 0. The molecule has 0 bridgehead atoms. The standard InChI is InChI=1S/C8H11NO2S/c1-6(11-8(9)10)4-7-2-3-12-5-7/h2-3,5-6H,4H2,1H3,(H2,9,10)/t6-/m0/s1. The minimum Gasteiger partial charge on any atom is -0.446 e. The summed E-state index contributed by atoms with van der Waals surface area (Å²) < 4.78 is 4.77. The summed E-state index contributed by atoms with van der Waals surface area (Å²) >= 11 is 1.63. The molecule has 0 aliphatic carbocycles. The Labute approximate surface area is 75.1 Å². The minimum absolute atomic E-state index is 0.142. The van der Waals surface area contributed by atoms with E-state index in [1.54, 1.807) is 11.3 Å². The van der Waals surface area contributed by atoms with Crippen LogP contribution in [0.4, 0.5) is 4.79 Å². The Morgan fingerprint density at radius 3 is 3.08 bits per heavy atom. The molecule has 0 aliphatic rings. The highest BCUT2D eigenvalue weighted by Crippen LogP contribution is 2.09. The molecule has 0 aromatic carbocycles. The molecule has 3 nitrogen and oxygen atoms in total. The van der Waals surface area contributed by atoms with Gasteiger partial charge in [0.05, 0.1) is 0 Å². The van der Waals surface area contributed by atoms with Crippen LogP contribution in [0.3, 0.4) is 0 Å². The number of nitrogens with two attached hydrogens (primary N) is 1. The molecule has 0 saturated carbocycles. The van der Waals surface area contributed by atoms with Gasteiger partial charge >= 0.3 is 6.09 Å². The van der Waals surface area contributed by atoms with Crippen LogP contribution in [0.5, 0.6) is 0 Å². The highest BCUT2D eigenvalue weighted by Gasteiger charge is 2.06. The molecular formula is C8H11NO2S. The third-order valence-corrected chi connectivity index (χ3v) is 2.15. The van der Waals surface area contributed by atoms with E-state index in [-0.39, 0.29) is 6.10 Å². The molecule has 0 aliphatic heterocycles. The van der Waals surface area contributed by atoms with Crippen LogP contribution in [0.1, 0.15) is 12.5 Å². The average Bonchev–Trinajstić information content (AvgIpc) is 2.37. The first kappa shape index (κ1) is 9.06. The second-order valence-corrected chi connectivity index (χ2v) is 3.36. The Morgan fingerprint density at radius 2 is 2.58 bits per heavy atom. The number of rotatable bonds is 3. The van der Waals surface area contributed by atoms with E-state index in [0.717, 1.165) is 6.42 Å². The Morgan fingerprint density at radius 1 is 1.83 bits per heavy atom. The highest BCUT2D eigenvalue weighted by atomic mass is 32.1. The first-order valence-electron chi connectivity index (χ1n) is 3.65. The van der Waals surface area contributed by atoms with Gasteiger partial charge in [0.2, 0.25) is 0 Å². The maximum atomic E-state index is 10.3. The van der Waals surface area contributed by atoms with E-state index in [9.17, 15) is 4.79 Å². The maximum absolute atomic E-state index is 10.3. The third kappa shape index (κ3) is 2.92. The zero-order valence-electron chi connectivity index (χ0n) is 6.82. The van der Waals surface area contributed by atoms with E-state index in [1.807, 2.05) is 23.8 Å². The topological polar surface area (TPSA) is 52.3 Å². The Kier molecular flexibility index (Phi) is 3.10. The lowest BCUT2D eigenvalue weighted by atomic mass is 10.2. The van der Waals surface area contributed by atoms with Gasteiger partial charge in [-0.15, -0.1) is 0 Å². The largest absolute Gasteiger partial charge is 0.446 e. The van der Waals surface area contributed by atoms with Gasteiger partial charge in [-0.3, -0.25) is 0 Å². The van der Waals surface area contributed by atoms with Crippen molar-refractivity contribution in [2.75, 3.05) is 0 Å². The molecule has 1 amide bonds. The zero-order chi connectivity index (χ0) is 8.97. The van der Waals surface area contributed by atoms with Gasteiger partial charge < -0.3 is 10.5 Å². The molecule has 0 radical (unpaired) electrons. The molecule has 0 unspecified atom stereocenters. The number of thiophene rings is 1. The summed E-state index contributed by atoms with van der Waals surface area (Å²) in [6, 6.07) is 2.01. The number of carbonyl (C=O) groups is 1. The summed E-state index contributed by atoms with van der Waals surface area (Å²) in [6.07, 6.45) is -0.123. The highest BCUT2D eigenvalue weighted by molar-refractivity contribution is 7.07. The second-order valence-electron chi connectivity index (χ2n) is 2.58. The molecule has 1 aromatic rings. The van der Waals surface area contributed by atoms with Crippen LogP contribution in [-0.2, 0) is 11.2 Å². The van der Waals surface area contributed by atoms with Crippen molar-refractivity contribution < 1.29 is 9.53 Å². The van der Waals surface area contributed by atoms with Gasteiger partial charge in [-0.05, 0) is 29.3 Å². The monoisotopic (exact) mass is 185 g/mol. The van der Waals surface area contributed by atoms with E-state index in [2.05, 4.69) is 0 Å². The normalized spacial score (nSPS) is 12.4. The predicted molar refractivity (Wildman–Crippen MR) is 48.2 cm³/mol. The van der Waals surface area contributed by atoms with Crippen LogP contribution in [0.2, 0.25) is 0 Å². The molecular weight excluding hydrogens is 174 g/mol. The summed E-state index contributed by atoms with van der Waals surface area (Å²) in [5.74, 6) is 0. The molecule has 0 saturated heterocycles. The fourth-order valence-electron chi connectivity index (χ4n) is 0.981. The van der Waals surface area contributed by atoms with Crippen molar-refractivity contribution in [3.63, 3.8) is 0 Å². The number of ether oxygens (including phenoxy) is 1. The fourth-order valence-corrected chi connectivity index (χ4v) is 1.66. The van der Waals surface area contributed by atoms with Gasteiger partial charge in [-0.1, -0.05) is 0 Å². The van der Waals surface area contributed by atoms with Crippen LogP contribution in [0.25, 0.3) is 0 Å². The van der Waals surface area contributed by atoms with Crippen LogP contribution >= 0.6 is 11.3 Å². The van der Waals surface area contributed by atoms with E-state index in [0.29, 0.717) is 0 Å². The van der Waals surface area contributed by atoms with E-state index < -0.39 is 6.09 Å². The van der Waals surface area contributed by atoms with Crippen molar-refractivity contribution in [2.45, 2.75) is 19.4 Å². The molecule has 12 heavy (non-hydrogen) atoms. The first-order chi connectivity index (χ1) is 5.68. The Hall–Kier alpha value is -1.03. The van der Waals surface area contributed by atoms with Crippen molar-refractivity contribution in [1.29, 1.82) is 0 Å². The van der Waals surface area contributed by atoms with Gasteiger partial charge in [0.25, 0.3) is 0 Å². The molecule has 1 rings (SSSR count). The summed E-state index contributed by atoms with van der Waals surface area (Å²) in [5.41, 5.74) is 6.04. The second kappa shape index (κ2) is 4.11. The quantitative estimate of drug-likeness (QED) is 0.780. The molecule has 1 aromatic heterocycles. The number of amides is 1. The van der Waals surface area contributed by atoms with E-state index >= 15 is 0 Å². The minimum atomic E-state index is -0.710. The van der Waals surface area contributed by atoms with Crippen molar-refractivity contribution in [1.82, 2.24) is 0 Å². The lowest BCUT2D eigenvalue weighted by Crippen LogP contribution is -2.21. The van der Waals surface area contributed by atoms with Crippen LogP contribution in [0.15, 0.2) is 16.8 Å². The maximum Gasteiger partial charge on any atom is 0.404 e. The molecule has 66 valence electrons. The Balaban J connectivity index is 2.36. The molecule has 4 heteroatoms. The van der Waals surface area contributed by atoms with Gasteiger partial charge in [0.1, 0.15) is 6.10 Å². The van der Waals surface area contributed by atoms with E-state index in [1.165, 1.54) is 5.56 Å². The third-order valence-electron chi connectivity index (χ3n) is 1.42. The van der Waals surface area contributed by atoms with Crippen molar-refractivity contribution in [2.24, 2.45) is 5.73 Å². The first-order valence-corrected chi connectivity index (χ1v) is 4.60. The summed E-state index contributed by atoms with van der Waals surface area (Å²) in [6.45, 7) is 1.82. The zero-order valence-corrected chi connectivity index (χ0v) is 7.64. The SMILES string of the molecule is C[C@@H](Cc1ccsc1)OC(N)=O. The number of hydrogen-bond donors (Lipinski definition) is 1. The summed E-state index contributed by atoms with van der Waals surface area (Å²) in [4.78, 5) is 10.3. The average molecular weight is 185 g/mol. The molecule has 2 N–H and O–H groups in total. The molecule has 1 atom stereocenters. The lowest BCUT2D eigenvalue weighted by molar-refractivity contribution is 0.116. The Bertz CT molecular complexity index is 246. The predicted octanol–water partition coefficient (Wildman–Crippen LogP) is 1.77. The van der Waals surface area contributed by atoms with Crippen LogP contribution in [-0.4, -0.2) is 12.2 Å². The van der Waals surface area contributed by atoms with Gasteiger partial charge in [-0.2, -0.15) is 11.3 Å². The van der Waals surface area contributed by atoms with Crippen LogP contribution < -0.4 is 5.73 Å². The summed E-state index contributed by atoms with van der Waals surface area (Å²) in [5, 5.41) is 4.02. The van der Waals surface area contributed by atoms with Crippen LogP contribution in [0, 0.1) is 0 Å². The number of primary amides is 1.